The van der Waals surface area contributed by atoms with Gasteiger partial charge in [-0.2, -0.15) is 5.10 Å². The van der Waals surface area contributed by atoms with Crippen molar-refractivity contribution >= 4 is 17.3 Å². The summed E-state index contributed by atoms with van der Waals surface area (Å²) in [5.74, 6) is 0.350. The molecule has 0 unspecified atom stereocenters. The van der Waals surface area contributed by atoms with E-state index >= 15 is 0 Å². The van der Waals surface area contributed by atoms with E-state index in [9.17, 15) is 19.3 Å². The molecule has 34 heavy (non-hydrogen) atoms. The number of hydrogen-bond acceptors (Lipinski definition) is 6. The molecule has 2 aromatic heterocycles. The number of nitro benzene ring substituents is 1. The van der Waals surface area contributed by atoms with E-state index in [1.165, 1.54) is 47.3 Å². The number of carbonyl (C=O) groups is 1. The van der Waals surface area contributed by atoms with Gasteiger partial charge in [0.15, 0.2) is 11.5 Å². The first-order chi connectivity index (χ1) is 16.5. The van der Waals surface area contributed by atoms with E-state index in [0.717, 1.165) is 38.1 Å². The molecule has 1 aliphatic rings. The zero-order valence-corrected chi connectivity index (χ0v) is 18.0. The van der Waals surface area contributed by atoms with Crippen LogP contribution >= 0.6 is 0 Å². The van der Waals surface area contributed by atoms with Gasteiger partial charge >= 0.3 is 0 Å². The van der Waals surface area contributed by atoms with Crippen LogP contribution in [0.4, 0.5) is 15.8 Å². The summed E-state index contributed by atoms with van der Waals surface area (Å²) in [4.78, 5) is 23.3. The highest BCUT2D eigenvalue weighted by Gasteiger charge is 2.19. The first-order valence-corrected chi connectivity index (χ1v) is 10.8. The fourth-order valence-electron chi connectivity index (χ4n) is 3.98. The normalized spacial score (nSPS) is 13.2. The van der Waals surface area contributed by atoms with Gasteiger partial charge in [0.05, 0.1) is 16.3 Å². The molecule has 1 amide bonds. The smallest absolute Gasteiger partial charge is 0.276 e. The van der Waals surface area contributed by atoms with Gasteiger partial charge in [0.25, 0.3) is 11.6 Å². The lowest BCUT2D eigenvalue weighted by Gasteiger charge is -2.10. The van der Waals surface area contributed by atoms with Crippen LogP contribution in [0.5, 0.6) is 0 Å². The van der Waals surface area contributed by atoms with Crippen LogP contribution in [-0.2, 0) is 13.0 Å². The molecule has 0 radical (unpaired) electrons. The van der Waals surface area contributed by atoms with Gasteiger partial charge in [-0.1, -0.05) is 12.5 Å². The second-order valence-corrected chi connectivity index (χ2v) is 7.97. The lowest BCUT2D eigenvalue weighted by molar-refractivity contribution is -0.384. The Hall–Kier alpha value is -4.41. The zero-order valence-electron chi connectivity index (χ0n) is 18.0. The lowest BCUT2D eigenvalue weighted by atomic mass is 10.1. The number of nitrogens with one attached hydrogen (secondary N) is 1. The number of nitro groups is 1. The largest absolute Gasteiger partial charge is 0.318 e. The van der Waals surface area contributed by atoms with E-state index in [-0.39, 0.29) is 17.1 Å². The van der Waals surface area contributed by atoms with E-state index in [2.05, 4.69) is 20.6 Å². The van der Waals surface area contributed by atoms with Crippen LogP contribution in [0.2, 0.25) is 0 Å². The Labute approximate surface area is 193 Å². The van der Waals surface area contributed by atoms with Crippen molar-refractivity contribution in [2.45, 2.75) is 32.2 Å². The van der Waals surface area contributed by atoms with Crippen LogP contribution in [0.3, 0.4) is 0 Å². The van der Waals surface area contributed by atoms with Gasteiger partial charge in [-0.15, -0.1) is 10.2 Å². The Kier molecular flexibility index (Phi) is 5.58. The molecule has 11 heteroatoms. The molecule has 0 spiro atoms. The molecule has 172 valence electrons. The average Bonchev–Trinajstić information content (AvgIpc) is 3.43. The fourth-order valence-corrected chi connectivity index (χ4v) is 3.98. The van der Waals surface area contributed by atoms with Crippen molar-refractivity contribution in [3.63, 3.8) is 0 Å². The number of carbonyl (C=O) groups excluding carboxylic acids is 1. The molecule has 0 bridgehead atoms. The molecule has 2 aromatic carbocycles. The summed E-state index contributed by atoms with van der Waals surface area (Å²) in [5.41, 5.74) is 1.02. The highest BCUT2D eigenvalue weighted by Crippen LogP contribution is 2.27. The number of nitrogens with zero attached hydrogens (tertiary/aromatic N) is 6. The van der Waals surface area contributed by atoms with Crippen molar-refractivity contribution in [2.75, 3.05) is 5.32 Å². The first kappa shape index (κ1) is 21.4. The second kappa shape index (κ2) is 8.85. The van der Waals surface area contributed by atoms with Gasteiger partial charge < -0.3 is 9.88 Å². The minimum absolute atomic E-state index is 0.00151. The van der Waals surface area contributed by atoms with Gasteiger partial charge in [-0.05, 0) is 43.2 Å². The number of anilines is 1. The molecule has 3 heterocycles. The van der Waals surface area contributed by atoms with Crippen molar-refractivity contribution in [2.24, 2.45) is 0 Å². The summed E-state index contributed by atoms with van der Waals surface area (Å²) in [7, 11) is 0. The summed E-state index contributed by atoms with van der Waals surface area (Å²) in [5, 5.41) is 26.3. The Morgan fingerprint density at radius 1 is 1.09 bits per heavy atom. The van der Waals surface area contributed by atoms with Crippen LogP contribution in [0.25, 0.3) is 17.1 Å². The summed E-state index contributed by atoms with van der Waals surface area (Å²) in [6.45, 7) is 0.797. The molecule has 4 aromatic rings. The predicted molar refractivity (Wildman–Crippen MR) is 121 cm³/mol. The topological polar surface area (TPSA) is 121 Å². The molecule has 10 nitrogen and oxygen atoms in total. The molecule has 0 aliphatic carbocycles. The third-order valence-electron chi connectivity index (χ3n) is 5.71. The van der Waals surface area contributed by atoms with Crippen LogP contribution in [0.1, 0.15) is 35.6 Å². The van der Waals surface area contributed by atoms with Crippen molar-refractivity contribution in [1.29, 1.82) is 0 Å². The maximum atomic E-state index is 14.5. The standard InChI is InChI=1S/C23H20FN7O3/c24-18-9-8-15(22-27-26-21-7-2-1-3-11-29(21)22)13-20(18)25-23(32)19-10-12-30(28-19)16-5-4-6-17(14-16)31(33)34/h4-6,8-10,12-14H,1-3,7,11H2,(H,25,32). The highest BCUT2D eigenvalue weighted by molar-refractivity contribution is 6.03. The number of amides is 1. The van der Waals surface area contributed by atoms with E-state index in [1.807, 2.05) is 4.57 Å². The van der Waals surface area contributed by atoms with Crippen molar-refractivity contribution in [1.82, 2.24) is 24.5 Å². The number of hydrogen-bond donors (Lipinski definition) is 1. The fraction of sp³-hybridized carbons (Fsp3) is 0.217. The third kappa shape index (κ3) is 4.15. The van der Waals surface area contributed by atoms with Gasteiger partial charge in [0, 0.05) is 36.9 Å². The third-order valence-corrected chi connectivity index (χ3v) is 5.71. The number of fused-ring (bicyclic) bond motifs is 1. The predicted octanol–water partition coefficient (Wildman–Crippen LogP) is 4.16. The summed E-state index contributed by atoms with van der Waals surface area (Å²) < 4.78 is 17.9. The molecule has 0 fully saturated rings. The highest BCUT2D eigenvalue weighted by atomic mass is 19.1. The number of non-ortho nitro benzene ring substituents is 1. The van der Waals surface area contributed by atoms with Crippen molar-refractivity contribution < 1.29 is 14.1 Å². The van der Waals surface area contributed by atoms with E-state index < -0.39 is 16.6 Å². The Morgan fingerprint density at radius 3 is 2.82 bits per heavy atom. The van der Waals surface area contributed by atoms with Gasteiger partial charge in [-0.3, -0.25) is 14.9 Å². The molecule has 1 aliphatic heterocycles. The number of aromatic nitrogens is 5. The van der Waals surface area contributed by atoms with E-state index in [1.54, 1.807) is 12.1 Å². The monoisotopic (exact) mass is 461 g/mol. The summed E-state index contributed by atoms with van der Waals surface area (Å²) >= 11 is 0. The van der Waals surface area contributed by atoms with Crippen LogP contribution in [0.15, 0.2) is 54.7 Å². The SMILES string of the molecule is O=C(Nc1cc(-c2nnc3n2CCCCC3)ccc1F)c1ccn(-c2cccc([N+](=O)[O-])c2)n1. The number of rotatable bonds is 5. The van der Waals surface area contributed by atoms with E-state index in [0.29, 0.717) is 17.1 Å². The lowest BCUT2D eigenvalue weighted by Crippen LogP contribution is -2.14. The molecular weight excluding hydrogens is 441 g/mol. The van der Waals surface area contributed by atoms with Gasteiger partial charge in [0.2, 0.25) is 0 Å². The van der Waals surface area contributed by atoms with E-state index in [4.69, 9.17) is 0 Å². The number of aryl methyl sites for hydroxylation is 1. The van der Waals surface area contributed by atoms with Crippen LogP contribution in [0, 0.1) is 15.9 Å². The molecule has 0 atom stereocenters. The Bertz CT molecular complexity index is 1390. The molecule has 0 saturated heterocycles. The zero-order chi connectivity index (χ0) is 23.7. The van der Waals surface area contributed by atoms with Gasteiger partial charge in [0.1, 0.15) is 11.6 Å². The first-order valence-electron chi connectivity index (χ1n) is 10.8. The Morgan fingerprint density at radius 2 is 1.97 bits per heavy atom. The second-order valence-electron chi connectivity index (χ2n) is 7.97. The van der Waals surface area contributed by atoms with Crippen molar-refractivity contribution in [3.05, 3.63) is 82.2 Å². The number of benzene rings is 2. The van der Waals surface area contributed by atoms with Crippen LogP contribution < -0.4 is 5.32 Å². The summed E-state index contributed by atoms with van der Waals surface area (Å²) in [6, 6.07) is 11.8. The minimum atomic E-state index is -0.611. The molecule has 1 N–H and O–H groups in total. The molecular formula is C23H20FN7O3. The molecule has 0 saturated carbocycles. The maximum absolute atomic E-state index is 14.5. The summed E-state index contributed by atoms with van der Waals surface area (Å²) in [6.07, 6.45) is 5.57. The quantitative estimate of drug-likeness (QED) is 0.352. The Balaban J connectivity index is 1.38. The average molecular weight is 461 g/mol. The molecule has 5 rings (SSSR count). The number of halogens is 1. The van der Waals surface area contributed by atoms with Crippen LogP contribution in [-0.4, -0.2) is 35.4 Å². The van der Waals surface area contributed by atoms with Crippen molar-refractivity contribution in [3.8, 4) is 17.1 Å². The minimum Gasteiger partial charge on any atom is -0.318 e. The maximum Gasteiger partial charge on any atom is 0.276 e. The van der Waals surface area contributed by atoms with Gasteiger partial charge in [-0.25, -0.2) is 9.07 Å².